The average molecular weight is 371 g/mol. The highest BCUT2D eigenvalue weighted by atomic mass is 16.1. The number of rotatable bonds is 3. The van der Waals surface area contributed by atoms with Gasteiger partial charge in [-0.25, -0.2) is 4.79 Å². The number of nitrogens with zero attached hydrogens (tertiary/aromatic N) is 2. The summed E-state index contributed by atoms with van der Waals surface area (Å²) in [6.07, 6.45) is 4.35. The van der Waals surface area contributed by atoms with Gasteiger partial charge in [0, 0.05) is 24.7 Å². The van der Waals surface area contributed by atoms with E-state index in [1.165, 1.54) is 5.56 Å². The first-order valence-corrected chi connectivity index (χ1v) is 9.65. The van der Waals surface area contributed by atoms with Crippen molar-refractivity contribution in [2.45, 2.75) is 25.3 Å². The van der Waals surface area contributed by atoms with E-state index in [4.69, 9.17) is 0 Å². The van der Waals surface area contributed by atoms with Gasteiger partial charge in [-0.1, -0.05) is 24.3 Å². The summed E-state index contributed by atoms with van der Waals surface area (Å²) in [4.78, 5) is 23.2. The van der Waals surface area contributed by atoms with E-state index >= 15 is 0 Å². The summed E-state index contributed by atoms with van der Waals surface area (Å²) in [6.45, 7) is 2.83. The Morgan fingerprint density at radius 2 is 2.04 bits per heavy atom. The van der Waals surface area contributed by atoms with Crippen LogP contribution in [0.2, 0.25) is 0 Å². The lowest BCUT2D eigenvalue weighted by molar-refractivity contribution is 0.201. The molecule has 2 aromatic carbocycles. The third-order valence-electron chi connectivity index (χ3n) is 5.84. The Morgan fingerprint density at radius 3 is 2.93 bits per heavy atom. The second-order valence-electron chi connectivity index (χ2n) is 7.58. The van der Waals surface area contributed by atoms with E-state index in [0.29, 0.717) is 11.5 Å². The summed E-state index contributed by atoms with van der Waals surface area (Å²) >= 11 is 0. The molecule has 28 heavy (non-hydrogen) atoms. The van der Waals surface area contributed by atoms with Gasteiger partial charge in [0.15, 0.2) is 0 Å². The largest absolute Gasteiger partial charge is 0.360 e. The van der Waals surface area contributed by atoms with Gasteiger partial charge in [0.25, 0.3) is 0 Å². The molecule has 1 atom stereocenters. The van der Waals surface area contributed by atoms with Gasteiger partial charge in [-0.2, -0.15) is 5.26 Å². The number of nitriles is 1. The van der Waals surface area contributed by atoms with Gasteiger partial charge in [-0.3, -0.25) is 4.90 Å². The molecule has 0 amide bonds. The van der Waals surface area contributed by atoms with Gasteiger partial charge in [-0.05, 0) is 48.6 Å². The first-order valence-electron chi connectivity index (χ1n) is 9.65. The summed E-state index contributed by atoms with van der Waals surface area (Å²) in [6, 6.07) is 14.2. The van der Waals surface area contributed by atoms with Crippen LogP contribution in [0.1, 0.15) is 35.4 Å². The maximum Gasteiger partial charge on any atom is 0.323 e. The lowest BCUT2D eigenvalue weighted by Gasteiger charge is -2.32. The zero-order valence-corrected chi connectivity index (χ0v) is 15.5. The Bertz CT molecular complexity index is 1260. The van der Waals surface area contributed by atoms with Crippen molar-refractivity contribution in [1.29, 1.82) is 5.26 Å². The molecule has 0 unspecified atom stereocenters. The lowest BCUT2D eigenvalue weighted by atomic mass is 9.90. The number of likely N-dealkylation sites (tertiary alicyclic amines) is 1. The number of H-pyrrole nitrogens is 3. The minimum atomic E-state index is -0.161. The zero-order chi connectivity index (χ0) is 19.1. The van der Waals surface area contributed by atoms with Crippen molar-refractivity contribution >= 4 is 21.9 Å². The quantitative estimate of drug-likeness (QED) is 0.514. The fourth-order valence-electron chi connectivity index (χ4n) is 4.55. The molecule has 140 valence electrons. The second-order valence-corrected chi connectivity index (χ2v) is 7.58. The molecule has 0 saturated carbocycles. The van der Waals surface area contributed by atoms with Crippen molar-refractivity contribution in [3.8, 4) is 6.07 Å². The van der Waals surface area contributed by atoms with E-state index in [1.807, 2.05) is 24.3 Å². The summed E-state index contributed by atoms with van der Waals surface area (Å²) < 4.78 is 0. The standard InChI is InChI=1S/C22H21N5O/c23-10-14-4-1-7-17-18(11-24-20(14)17)15-6-3-9-27(12-15)13-16-5-2-8-19-21(16)26-22(28)25-19/h1-2,4-5,7-8,11,15,24H,3,6,9,12-13H2,(H2,25,26,28)/t15-/m0/s1. The molecule has 3 N–H and O–H groups in total. The van der Waals surface area contributed by atoms with Crippen LogP contribution in [0.15, 0.2) is 47.4 Å². The number of benzene rings is 2. The van der Waals surface area contributed by atoms with Crippen molar-refractivity contribution in [2.24, 2.45) is 0 Å². The molecule has 1 saturated heterocycles. The monoisotopic (exact) mass is 371 g/mol. The zero-order valence-electron chi connectivity index (χ0n) is 15.5. The van der Waals surface area contributed by atoms with E-state index in [1.54, 1.807) is 0 Å². The van der Waals surface area contributed by atoms with Crippen LogP contribution < -0.4 is 5.69 Å². The third-order valence-corrected chi connectivity index (χ3v) is 5.84. The normalized spacial score (nSPS) is 17.9. The van der Waals surface area contributed by atoms with Gasteiger partial charge >= 0.3 is 5.69 Å². The Balaban J connectivity index is 1.42. The van der Waals surface area contributed by atoms with E-state index in [9.17, 15) is 10.1 Å². The van der Waals surface area contributed by atoms with Crippen molar-refractivity contribution in [1.82, 2.24) is 19.9 Å². The van der Waals surface area contributed by atoms with Crippen LogP contribution in [0.3, 0.4) is 0 Å². The Kier molecular flexibility index (Phi) is 4.03. The molecule has 0 radical (unpaired) electrons. The number of imidazole rings is 1. The van der Waals surface area contributed by atoms with Gasteiger partial charge < -0.3 is 15.0 Å². The molecule has 1 aliphatic heterocycles. The number of hydrogen-bond acceptors (Lipinski definition) is 3. The molecule has 0 bridgehead atoms. The fourth-order valence-corrected chi connectivity index (χ4v) is 4.55. The number of nitrogens with one attached hydrogen (secondary N) is 3. The number of piperidine rings is 1. The number of aromatic nitrogens is 3. The highest BCUT2D eigenvalue weighted by Gasteiger charge is 2.24. The van der Waals surface area contributed by atoms with Crippen LogP contribution in [-0.2, 0) is 6.54 Å². The van der Waals surface area contributed by atoms with Gasteiger partial charge in [0.05, 0.1) is 22.1 Å². The SMILES string of the molecule is N#Cc1cccc2c([C@H]3CCCN(Cc4cccc5[nH]c(=O)[nH]c45)C3)c[nH]c12. The van der Waals surface area contributed by atoms with Crippen LogP contribution in [0.4, 0.5) is 0 Å². The van der Waals surface area contributed by atoms with Crippen LogP contribution in [0.25, 0.3) is 21.9 Å². The van der Waals surface area contributed by atoms with Crippen LogP contribution in [-0.4, -0.2) is 32.9 Å². The summed E-state index contributed by atoms with van der Waals surface area (Å²) in [5, 5.41) is 10.5. The summed E-state index contributed by atoms with van der Waals surface area (Å²) in [5.41, 5.74) is 5.67. The van der Waals surface area contributed by atoms with Gasteiger partial charge in [0.2, 0.25) is 0 Å². The molecule has 3 heterocycles. The maximum absolute atomic E-state index is 11.7. The van der Waals surface area contributed by atoms with Crippen molar-refractivity contribution < 1.29 is 0 Å². The first-order chi connectivity index (χ1) is 13.7. The van der Waals surface area contributed by atoms with Crippen LogP contribution >= 0.6 is 0 Å². The van der Waals surface area contributed by atoms with Crippen molar-refractivity contribution in [3.05, 3.63) is 69.8 Å². The predicted molar refractivity (Wildman–Crippen MR) is 109 cm³/mol. The van der Waals surface area contributed by atoms with Crippen molar-refractivity contribution in [3.63, 3.8) is 0 Å². The molecular formula is C22H21N5O. The summed E-state index contributed by atoms with van der Waals surface area (Å²) in [5.74, 6) is 0.431. The topological polar surface area (TPSA) is 91.5 Å². The smallest absolute Gasteiger partial charge is 0.323 e. The third kappa shape index (κ3) is 2.81. The number of para-hydroxylation sites is 2. The van der Waals surface area contributed by atoms with Gasteiger partial charge in [0.1, 0.15) is 6.07 Å². The molecule has 6 heteroatoms. The van der Waals surface area contributed by atoms with E-state index in [0.717, 1.165) is 60.0 Å². The summed E-state index contributed by atoms with van der Waals surface area (Å²) in [7, 11) is 0. The lowest BCUT2D eigenvalue weighted by Crippen LogP contribution is -2.33. The number of aromatic amines is 3. The molecule has 0 spiro atoms. The molecular weight excluding hydrogens is 350 g/mol. The molecule has 1 fully saturated rings. The highest BCUT2D eigenvalue weighted by Crippen LogP contribution is 2.33. The van der Waals surface area contributed by atoms with Crippen molar-refractivity contribution in [2.75, 3.05) is 13.1 Å². The maximum atomic E-state index is 11.7. The van der Waals surface area contributed by atoms with E-state index in [-0.39, 0.29) is 5.69 Å². The predicted octanol–water partition coefficient (Wildman–Crippen LogP) is 3.59. The van der Waals surface area contributed by atoms with Gasteiger partial charge in [-0.15, -0.1) is 0 Å². The molecule has 2 aromatic heterocycles. The number of hydrogen-bond donors (Lipinski definition) is 3. The molecule has 4 aromatic rings. The number of fused-ring (bicyclic) bond motifs is 2. The van der Waals surface area contributed by atoms with Crippen LogP contribution in [0, 0.1) is 11.3 Å². The van der Waals surface area contributed by atoms with E-state index < -0.39 is 0 Å². The Hall–Kier alpha value is -3.30. The Morgan fingerprint density at radius 1 is 1.14 bits per heavy atom. The minimum absolute atomic E-state index is 0.161. The average Bonchev–Trinajstić information content (AvgIpc) is 3.31. The molecule has 6 nitrogen and oxygen atoms in total. The fraction of sp³-hybridized carbons (Fsp3) is 0.273. The first kappa shape index (κ1) is 16.8. The molecule has 1 aliphatic rings. The van der Waals surface area contributed by atoms with Crippen LogP contribution in [0.5, 0.6) is 0 Å². The second kappa shape index (κ2) is 6.70. The minimum Gasteiger partial charge on any atom is -0.360 e. The highest BCUT2D eigenvalue weighted by molar-refractivity contribution is 5.88. The molecule has 5 rings (SSSR count). The van der Waals surface area contributed by atoms with E-state index in [2.05, 4.69) is 44.3 Å². The molecule has 0 aliphatic carbocycles. The Labute approximate surface area is 161 Å².